The van der Waals surface area contributed by atoms with Crippen LogP contribution in [0.4, 0.5) is 0 Å². The Balaban J connectivity index is 0.000000232. The van der Waals surface area contributed by atoms with Crippen molar-refractivity contribution in [3.05, 3.63) is 406 Å². The Bertz CT molecular complexity index is 4740. The third-order valence-electron chi connectivity index (χ3n) is 24.7. The SMILES string of the molecule is CCBr.CCN(CC)Cc1ccc([Si]2(c3ccc(CN(CC)CC)cc3)C(c3ccccc3)=C(c3ccccc3)C(c3ccccc3)=C2c2ccccc2)cc1.CC[N+](CC)(CC)Cc1ccc([Si]2(c3ccc(C[N+](CC)(CC)CC)cc3)C(c3ccccc3)=C(c3ccccc3)C(c3ccccc3)=C2c2ccccc2)cc1.[Br-].[Br-]. The molecule has 0 aromatic heterocycles. The van der Waals surface area contributed by atoms with E-state index in [-0.39, 0.29) is 34.0 Å². The number of nitrogens with zero attached hydrogens (tertiary/aromatic N) is 4. The van der Waals surface area contributed by atoms with Crippen LogP contribution in [0, 0.1) is 0 Å². The molecule has 2 heterocycles. The minimum Gasteiger partial charge on any atom is -1.00 e. The number of quaternary nitrogens is 2. The van der Waals surface area contributed by atoms with Crippen LogP contribution < -0.4 is 54.7 Å². The van der Waals surface area contributed by atoms with Crippen LogP contribution in [0.2, 0.25) is 0 Å². The molecule has 0 saturated carbocycles. The van der Waals surface area contributed by atoms with E-state index in [0.717, 1.165) is 106 Å². The molecule has 0 spiro atoms. The van der Waals surface area contributed by atoms with Gasteiger partial charge < -0.3 is 42.9 Å². The summed E-state index contributed by atoms with van der Waals surface area (Å²) in [6.45, 7) is 40.1. The third kappa shape index (κ3) is 19.0. The van der Waals surface area contributed by atoms with Crippen molar-refractivity contribution in [1.82, 2.24) is 9.80 Å². The van der Waals surface area contributed by atoms with E-state index in [2.05, 4.69) is 435 Å². The van der Waals surface area contributed by atoms with Crippen LogP contribution in [0.1, 0.15) is 143 Å². The standard InChI is InChI=1S/C54H62N2Si.C50H52N2Si.C2H5Br.2BrH/c1-7-55(8-2,9-3)41-43-33-37-49(38-34-43)57(50-39-35-44(36-40-50)42-56(10-4,11-5)12-6)53(47-29-21-15-22-30-47)51(45-25-17-13-18-26-45)52(46-27-19-14-20-28-46)54(57)48-31-23-16-24-32-48;1-5-51(6-2)37-39-29-33-45(34-30-39)53(46-35-31-40(32-36-46)38-52(7-3)8-4)49(43-25-17-11-18-26-43)47(41-21-13-9-14-22-41)48(42-23-15-10-16-24-42)50(53)44-27-19-12-20-28-44;1-2-3;;/h13-40H,7-12,41-42H2,1-6H3;9-36H,5-8,37-38H2,1-4H3;2H2,1H3;2*1H/q+2;;;;/p-2. The maximum atomic E-state index is 3.15. The molecular weight excluding hydrogens is 1630 g/mol. The van der Waals surface area contributed by atoms with E-state index in [4.69, 9.17) is 0 Å². The van der Waals surface area contributed by atoms with Gasteiger partial charge in [0.05, 0.1) is 39.3 Å². The molecule has 0 atom stereocenters. The van der Waals surface area contributed by atoms with E-state index in [1.54, 1.807) is 0 Å². The maximum absolute atomic E-state index is 3.15. The van der Waals surface area contributed by atoms with Crippen LogP contribution >= 0.6 is 15.9 Å². The Hall–Kier alpha value is -8.69. The van der Waals surface area contributed by atoms with Gasteiger partial charge in [0.25, 0.3) is 0 Å². The predicted molar refractivity (Wildman–Crippen MR) is 498 cm³/mol. The molecule has 0 unspecified atom stereocenters. The van der Waals surface area contributed by atoms with E-state index < -0.39 is 16.1 Å². The molecule has 4 nitrogen and oxygen atoms in total. The number of hydrogen-bond donors (Lipinski definition) is 0. The molecule has 0 bridgehead atoms. The fraction of sp³-hybridized carbons (Fsp3) is 0.245. The van der Waals surface area contributed by atoms with Crippen molar-refractivity contribution in [2.75, 3.05) is 70.8 Å². The Morgan fingerprint density at radius 3 is 0.557 bits per heavy atom. The van der Waals surface area contributed by atoms with Crippen molar-refractivity contribution in [1.29, 1.82) is 0 Å². The van der Waals surface area contributed by atoms with Gasteiger partial charge in [0.15, 0.2) is 16.1 Å². The van der Waals surface area contributed by atoms with Gasteiger partial charge in [0.2, 0.25) is 0 Å². The first-order chi connectivity index (χ1) is 55.4. The fourth-order valence-electron chi connectivity index (χ4n) is 18.1. The maximum Gasteiger partial charge on any atom is 0.182 e. The lowest BCUT2D eigenvalue weighted by Crippen LogP contribution is -3.00. The number of hydrogen-bond acceptors (Lipinski definition) is 2. The summed E-state index contributed by atoms with van der Waals surface area (Å²) in [4.78, 5) is 5.00. The summed E-state index contributed by atoms with van der Waals surface area (Å²) >= 11 is 3.15. The molecule has 12 aromatic rings. The second-order valence-corrected chi connectivity index (χ2v) is 38.7. The largest absolute Gasteiger partial charge is 1.00 e. The summed E-state index contributed by atoms with van der Waals surface area (Å²) in [6.07, 6.45) is 0. The summed E-state index contributed by atoms with van der Waals surface area (Å²) < 4.78 is 2.19. The average Bonchev–Trinajstić information content (AvgIpc) is 1.53. The van der Waals surface area contributed by atoms with Crippen LogP contribution in [0.15, 0.2) is 340 Å². The first kappa shape index (κ1) is 88.7. The van der Waals surface area contributed by atoms with Gasteiger partial charge in [0, 0.05) is 29.5 Å². The molecule has 0 fully saturated rings. The Morgan fingerprint density at radius 1 is 0.226 bits per heavy atom. The highest BCUT2D eigenvalue weighted by Gasteiger charge is 2.55. The van der Waals surface area contributed by atoms with Crippen molar-refractivity contribution in [2.24, 2.45) is 0 Å². The molecule has 0 amide bonds. The molecule has 9 heteroatoms. The lowest BCUT2D eigenvalue weighted by atomic mass is 9.89. The molecular formula is C106H119Br3N4Si2. The smallest absolute Gasteiger partial charge is 0.182 e. The van der Waals surface area contributed by atoms with Crippen molar-refractivity contribution in [3.63, 3.8) is 0 Å². The monoisotopic (exact) mass is 1740 g/mol. The lowest BCUT2D eigenvalue weighted by molar-refractivity contribution is -0.936. The number of alkyl halides is 1. The highest BCUT2D eigenvalue weighted by atomic mass is 79.9. The highest BCUT2D eigenvalue weighted by molar-refractivity contribution is 9.09. The zero-order valence-electron chi connectivity index (χ0n) is 69.9. The fourth-order valence-corrected chi connectivity index (χ4v) is 29.2. The second-order valence-electron chi connectivity index (χ2n) is 30.3. The van der Waals surface area contributed by atoms with Crippen molar-refractivity contribution >= 4 is 95.9 Å². The Morgan fingerprint density at radius 2 is 0.391 bits per heavy atom. The van der Waals surface area contributed by atoms with Crippen molar-refractivity contribution in [2.45, 2.75) is 102 Å². The molecule has 0 N–H and O–H groups in total. The summed E-state index contributed by atoms with van der Waals surface area (Å²) in [5.74, 6) is 0. The molecule has 0 aliphatic carbocycles. The number of benzene rings is 12. The lowest BCUT2D eigenvalue weighted by Gasteiger charge is -2.38. The molecule has 592 valence electrons. The van der Waals surface area contributed by atoms with Crippen molar-refractivity contribution < 1.29 is 42.9 Å². The summed E-state index contributed by atoms with van der Waals surface area (Å²) in [6, 6.07) is 130. The normalized spacial score (nSPS) is 13.8. The minimum absolute atomic E-state index is 0. The topological polar surface area (TPSA) is 6.48 Å². The highest BCUT2D eigenvalue weighted by Crippen LogP contribution is 2.57. The summed E-state index contributed by atoms with van der Waals surface area (Å²) in [5, 5.41) is 12.6. The molecule has 115 heavy (non-hydrogen) atoms. The van der Waals surface area contributed by atoms with Crippen molar-refractivity contribution in [3.8, 4) is 0 Å². The quantitative estimate of drug-likeness (QED) is 0.0252. The molecule has 0 saturated heterocycles. The van der Waals surface area contributed by atoms with E-state index in [1.165, 1.54) is 131 Å². The van der Waals surface area contributed by atoms with Crippen LogP contribution in [-0.4, -0.2) is 106 Å². The number of halogens is 3. The van der Waals surface area contributed by atoms with Gasteiger partial charge in [-0.1, -0.05) is 390 Å². The van der Waals surface area contributed by atoms with E-state index >= 15 is 0 Å². The summed E-state index contributed by atoms with van der Waals surface area (Å²) in [7, 11) is -6.12. The zero-order valence-corrected chi connectivity index (χ0v) is 76.6. The van der Waals surface area contributed by atoms with Gasteiger partial charge >= 0.3 is 0 Å². The van der Waals surface area contributed by atoms with Gasteiger partial charge in [-0.05, 0) is 187 Å². The van der Waals surface area contributed by atoms with Gasteiger partial charge in [-0.3, -0.25) is 9.80 Å². The van der Waals surface area contributed by atoms with Crippen LogP contribution in [0.5, 0.6) is 0 Å². The van der Waals surface area contributed by atoms with Crippen LogP contribution in [-0.2, 0) is 26.2 Å². The zero-order chi connectivity index (χ0) is 79.2. The first-order valence-electron chi connectivity index (χ1n) is 42.0. The Labute approximate surface area is 722 Å². The average molecular weight is 1750 g/mol. The van der Waals surface area contributed by atoms with Gasteiger partial charge in [0.1, 0.15) is 13.1 Å². The van der Waals surface area contributed by atoms with Gasteiger partial charge in [-0.25, -0.2) is 0 Å². The van der Waals surface area contributed by atoms with Crippen LogP contribution in [0.3, 0.4) is 0 Å². The predicted octanol–water partition coefficient (Wildman–Crippen LogP) is 17.0. The number of rotatable bonds is 30. The Kier molecular flexibility index (Phi) is 32.7. The third-order valence-corrected chi connectivity index (χ3v) is 34.7. The molecule has 0 radical (unpaired) electrons. The first-order valence-corrected chi connectivity index (χ1v) is 47.1. The molecule has 2 aliphatic heterocycles. The molecule has 2 aliphatic rings. The van der Waals surface area contributed by atoms with E-state index in [0.29, 0.717) is 0 Å². The molecule has 12 aromatic carbocycles. The molecule has 14 rings (SSSR count). The van der Waals surface area contributed by atoms with E-state index in [9.17, 15) is 0 Å². The van der Waals surface area contributed by atoms with Gasteiger partial charge in [-0.2, -0.15) is 0 Å². The summed E-state index contributed by atoms with van der Waals surface area (Å²) in [5.41, 5.74) is 21.1. The van der Waals surface area contributed by atoms with Gasteiger partial charge in [-0.15, -0.1) is 0 Å². The van der Waals surface area contributed by atoms with E-state index in [1.807, 2.05) is 6.92 Å². The number of allylic oxidation sites excluding steroid dienone is 4. The minimum atomic E-state index is -3.08. The van der Waals surface area contributed by atoms with Crippen LogP contribution in [0.25, 0.3) is 43.1 Å². The second kappa shape index (κ2) is 42.4.